The second-order valence-electron chi connectivity index (χ2n) is 5.92. The summed E-state index contributed by atoms with van der Waals surface area (Å²) in [5.74, 6) is 1.08. The normalized spacial score (nSPS) is 24.3. The van der Waals surface area contributed by atoms with E-state index in [1.165, 1.54) is 0 Å². The van der Waals surface area contributed by atoms with E-state index < -0.39 is 0 Å². The van der Waals surface area contributed by atoms with E-state index >= 15 is 0 Å². The van der Waals surface area contributed by atoms with Crippen LogP contribution < -0.4 is 5.32 Å². The van der Waals surface area contributed by atoms with Gasteiger partial charge in [-0.05, 0) is 27.2 Å². The van der Waals surface area contributed by atoms with Crippen molar-refractivity contribution in [3.63, 3.8) is 0 Å². The molecule has 2 heterocycles. The van der Waals surface area contributed by atoms with Crippen molar-refractivity contribution in [1.82, 2.24) is 25.0 Å². The molecule has 1 aromatic heterocycles. The molecule has 1 aliphatic heterocycles. The largest absolute Gasteiger partial charge is 0.309 e. The molecular formula is C13H25N5. The highest BCUT2D eigenvalue weighted by Crippen LogP contribution is 2.17. The van der Waals surface area contributed by atoms with Crippen molar-refractivity contribution in [2.75, 3.05) is 13.1 Å². The van der Waals surface area contributed by atoms with Gasteiger partial charge in [-0.25, -0.2) is 9.67 Å². The quantitative estimate of drug-likeness (QED) is 0.875. The molecular weight excluding hydrogens is 226 g/mol. The van der Waals surface area contributed by atoms with Crippen molar-refractivity contribution in [3.8, 4) is 0 Å². The lowest BCUT2D eigenvalue weighted by atomic mass is 9.99. The zero-order valence-electron chi connectivity index (χ0n) is 12.0. The van der Waals surface area contributed by atoms with E-state index in [-0.39, 0.29) is 5.54 Å². The number of aromatic nitrogens is 3. The fourth-order valence-corrected chi connectivity index (χ4v) is 2.48. The summed E-state index contributed by atoms with van der Waals surface area (Å²) in [7, 11) is 0. The fourth-order valence-electron chi connectivity index (χ4n) is 2.48. The van der Waals surface area contributed by atoms with Crippen LogP contribution in [0.2, 0.25) is 0 Å². The van der Waals surface area contributed by atoms with Crippen LogP contribution >= 0.6 is 0 Å². The average Bonchev–Trinajstić information content (AvgIpc) is 2.72. The summed E-state index contributed by atoms with van der Waals surface area (Å²) in [5.41, 5.74) is 0.183. The van der Waals surface area contributed by atoms with E-state index in [1.54, 1.807) is 6.33 Å². The molecule has 1 saturated heterocycles. The SMILES string of the molecule is CCCn1ncnc1CN1CC(C)(C)NCC1C. The van der Waals surface area contributed by atoms with Crippen molar-refractivity contribution < 1.29 is 0 Å². The van der Waals surface area contributed by atoms with Crippen LogP contribution in [-0.2, 0) is 13.1 Å². The molecule has 0 radical (unpaired) electrons. The van der Waals surface area contributed by atoms with Gasteiger partial charge in [0, 0.05) is 31.2 Å². The lowest BCUT2D eigenvalue weighted by molar-refractivity contribution is 0.0936. The molecule has 0 amide bonds. The van der Waals surface area contributed by atoms with E-state index in [2.05, 4.69) is 48.0 Å². The smallest absolute Gasteiger partial charge is 0.141 e. The maximum Gasteiger partial charge on any atom is 0.141 e. The minimum absolute atomic E-state index is 0.183. The highest BCUT2D eigenvalue weighted by atomic mass is 15.4. The number of nitrogens with one attached hydrogen (secondary N) is 1. The molecule has 0 aromatic carbocycles. The van der Waals surface area contributed by atoms with Gasteiger partial charge in [-0.2, -0.15) is 5.10 Å². The lowest BCUT2D eigenvalue weighted by Crippen LogP contribution is -2.60. The van der Waals surface area contributed by atoms with E-state index in [0.717, 1.165) is 38.4 Å². The van der Waals surface area contributed by atoms with Crippen LogP contribution in [-0.4, -0.2) is 44.3 Å². The van der Waals surface area contributed by atoms with Gasteiger partial charge in [0.05, 0.1) is 6.54 Å². The maximum atomic E-state index is 4.40. The number of nitrogens with zero attached hydrogens (tertiary/aromatic N) is 4. The van der Waals surface area contributed by atoms with Gasteiger partial charge in [-0.15, -0.1) is 0 Å². The fraction of sp³-hybridized carbons (Fsp3) is 0.846. The van der Waals surface area contributed by atoms with Crippen LogP contribution in [0.4, 0.5) is 0 Å². The predicted octanol–water partition coefficient (Wildman–Crippen LogP) is 1.26. The molecule has 2 rings (SSSR count). The monoisotopic (exact) mass is 251 g/mol. The molecule has 1 unspecified atom stereocenters. The summed E-state index contributed by atoms with van der Waals surface area (Å²) >= 11 is 0. The van der Waals surface area contributed by atoms with Crippen LogP contribution in [0, 0.1) is 0 Å². The van der Waals surface area contributed by atoms with Crippen molar-refractivity contribution in [1.29, 1.82) is 0 Å². The third kappa shape index (κ3) is 3.09. The average molecular weight is 251 g/mol. The molecule has 1 aliphatic rings. The Bertz CT molecular complexity index is 384. The summed E-state index contributed by atoms with van der Waals surface area (Å²) in [6, 6.07) is 0.546. The highest BCUT2D eigenvalue weighted by Gasteiger charge is 2.30. The first kappa shape index (κ1) is 13.5. The van der Waals surface area contributed by atoms with E-state index in [0.29, 0.717) is 6.04 Å². The summed E-state index contributed by atoms with van der Waals surface area (Å²) < 4.78 is 2.03. The van der Waals surface area contributed by atoms with Crippen LogP contribution in [0.15, 0.2) is 6.33 Å². The number of hydrogen-bond donors (Lipinski definition) is 1. The Hall–Kier alpha value is -0.940. The lowest BCUT2D eigenvalue weighted by Gasteiger charge is -2.43. The van der Waals surface area contributed by atoms with Crippen LogP contribution in [0.3, 0.4) is 0 Å². The van der Waals surface area contributed by atoms with Gasteiger partial charge < -0.3 is 5.32 Å². The second-order valence-corrected chi connectivity index (χ2v) is 5.92. The first-order valence-corrected chi connectivity index (χ1v) is 6.87. The molecule has 0 spiro atoms. The number of aryl methyl sites for hydroxylation is 1. The molecule has 1 N–H and O–H groups in total. The van der Waals surface area contributed by atoms with Crippen molar-refractivity contribution >= 4 is 0 Å². The Kier molecular flexibility index (Phi) is 4.02. The van der Waals surface area contributed by atoms with Crippen LogP contribution in [0.5, 0.6) is 0 Å². The highest BCUT2D eigenvalue weighted by molar-refractivity contribution is 4.94. The zero-order chi connectivity index (χ0) is 13.2. The Morgan fingerprint density at radius 1 is 1.50 bits per heavy atom. The minimum Gasteiger partial charge on any atom is -0.309 e. The minimum atomic E-state index is 0.183. The van der Waals surface area contributed by atoms with Crippen LogP contribution in [0.25, 0.3) is 0 Å². The molecule has 0 saturated carbocycles. The Morgan fingerprint density at radius 3 is 3.00 bits per heavy atom. The summed E-state index contributed by atoms with van der Waals surface area (Å²) in [6.45, 7) is 12.9. The van der Waals surface area contributed by atoms with E-state index in [1.807, 2.05) is 4.68 Å². The van der Waals surface area contributed by atoms with Gasteiger partial charge in [0.2, 0.25) is 0 Å². The third-order valence-corrected chi connectivity index (χ3v) is 3.57. The molecule has 102 valence electrons. The van der Waals surface area contributed by atoms with E-state index in [4.69, 9.17) is 0 Å². The number of piperazine rings is 1. The Labute approximate surface area is 110 Å². The van der Waals surface area contributed by atoms with Gasteiger partial charge in [0.15, 0.2) is 0 Å². The first-order valence-electron chi connectivity index (χ1n) is 6.87. The second kappa shape index (κ2) is 5.36. The van der Waals surface area contributed by atoms with Crippen molar-refractivity contribution in [2.24, 2.45) is 0 Å². The Morgan fingerprint density at radius 2 is 2.28 bits per heavy atom. The van der Waals surface area contributed by atoms with Crippen molar-refractivity contribution in [3.05, 3.63) is 12.2 Å². The molecule has 0 bridgehead atoms. The predicted molar refractivity (Wildman–Crippen MR) is 72.3 cm³/mol. The molecule has 5 nitrogen and oxygen atoms in total. The maximum absolute atomic E-state index is 4.40. The molecule has 1 fully saturated rings. The first-order chi connectivity index (χ1) is 8.52. The third-order valence-electron chi connectivity index (χ3n) is 3.57. The standard InChI is InChI=1S/C13H25N5/c1-5-6-18-12(14-10-16-18)8-17-9-13(3,4)15-7-11(17)2/h10-11,15H,5-9H2,1-4H3. The van der Waals surface area contributed by atoms with Crippen LogP contribution in [0.1, 0.15) is 39.9 Å². The molecule has 1 aromatic rings. The Balaban J connectivity index is 2.05. The van der Waals surface area contributed by atoms with Gasteiger partial charge >= 0.3 is 0 Å². The topological polar surface area (TPSA) is 46.0 Å². The summed E-state index contributed by atoms with van der Waals surface area (Å²) in [5, 5.41) is 7.87. The number of rotatable bonds is 4. The summed E-state index contributed by atoms with van der Waals surface area (Å²) in [4.78, 5) is 6.89. The molecule has 0 aliphatic carbocycles. The molecule has 5 heteroatoms. The van der Waals surface area contributed by atoms with Gasteiger partial charge in [-0.1, -0.05) is 6.92 Å². The summed E-state index contributed by atoms with van der Waals surface area (Å²) in [6.07, 6.45) is 2.77. The number of hydrogen-bond acceptors (Lipinski definition) is 4. The zero-order valence-corrected chi connectivity index (χ0v) is 12.0. The molecule has 1 atom stereocenters. The van der Waals surface area contributed by atoms with Gasteiger partial charge in [0.1, 0.15) is 12.2 Å². The van der Waals surface area contributed by atoms with Crippen molar-refractivity contribution in [2.45, 2.75) is 58.8 Å². The molecule has 18 heavy (non-hydrogen) atoms. The van der Waals surface area contributed by atoms with Gasteiger partial charge in [-0.3, -0.25) is 4.90 Å². The van der Waals surface area contributed by atoms with Gasteiger partial charge in [0.25, 0.3) is 0 Å². The van der Waals surface area contributed by atoms with E-state index in [9.17, 15) is 0 Å².